The third kappa shape index (κ3) is 2.22. The smallest absolute Gasteiger partial charge is 0.0416 e. The molecule has 1 aliphatic rings. The molecule has 0 radical (unpaired) electrons. The Labute approximate surface area is 104 Å². The van der Waals surface area contributed by atoms with Crippen molar-refractivity contribution in [2.75, 3.05) is 0 Å². The fraction of sp³-hybridized carbons (Fsp3) is 0.467. The normalized spacial score (nSPS) is 19.8. The van der Waals surface area contributed by atoms with Crippen molar-refractivity contribution in [3.05, 3.63) is 35.9 Å². The number of hydrogen-bond acceptors (Lipinski definition) is 2. The second kappa shape index (κ2) is 5.35. The van der Waals surface area contributed by atoms with Crippen LogP contribution in [0.5, 0.6) is 0 Å². The van der Waals surface area contributed by atoms with Gasteiger partial charge in [-0.1, -0.05) is 43.2 Å². The lowest BCUT2D eigenvalue weighted by Crippen LogP contribution is -2.49. The second-order valence-corrected chi connectivity index (χ2v) is 4.86. The molecule has 17 heavy (non-hydrogen) atoms. The molecule has 90 valence electrons. The van der Waals surface area contributed by atoms with E-state index in [1.54, 1.807) is 0 Å². The molecule has 1 aromatic carbocycles. The first-order chi connectivity index (χ1) is 8.33. The van der Waals surface area contributed by atoms with E-state index in [0.717, 1.165) is 0 Å². The molecule has 2 heteroatoms. The molecule has 3 N–H and O–H groups in total. The molecule has 1 aromatic rings. The Morgan fingerprint density at radius 1 is 1.29 bits per heavy atom. The Balaban J connectivity index is 2.36. The van der Waals surface area contributed by atoms with Crippen LogP contribution in [0, 0.1) is 12.3 Å². The highest BCUT2D eigenvalue weighted by atomic mass is 15.2. The number of rotatable bonds is 4. The highest BCUT2D eigenvalue weighted by molar-refractivity contribution is 5.29. The monoisotopic (exact) mass is 228 g/mol. The molecule has 1 unspecified atom stereocenters. The van der Waals surface area contributed by atoms with E-state index >= 15 is 0 Å². The van der Waals surface area contributed by atoms with Crippen LogP contribution in [-0.2, 0) is 5.41 Å². The lowest BCUT2D eigenvalue weighted by atomic mass is 9.72. The minimum atomic E-state index is 0.127. The van der Waals surface area contributed by atoms with Crippen LogP contribution in [-0.4, -0.2) is 6.04 Å². The van der Waals surface area contributed by atoms with Gasteiger partial charge in [-0.3, -0.25) is 11.3 Å². The lowest BCUT2D eigenvalue weighted by Gasteiger charge is -2.37. The molecule has 0 saturated heterocycles. The Bertz CT molecular complexity index is 385. The van der Waals surface area contributed by atoms with Crippen LogP contribution in [0.1, 0.15) is 37.7 Å². The quantitative estimate of drug-likeness (QED) is 0.471. The first-order valence-corrected chi connectivity index (χ1v) is 6.28. The van der Waals surface area contributed by atoms with Crippen LogP contribution in [0.15, 0.2) is 30.3 Å². The molecule has 1 aliphatic carbocycles. The van der Waals surface area contributed by atoms with Crippen LogP contribution < -0.4 is 11.3 Å². The molecule has 0 amide bonds. The van der Waals surface area contributed by atoms with E-state index in [1.807, 2.05) is 0 Å². The SMILES string of the molecule is C#CCC(NN)C1(c2ccccc2)CCCC1. The third-order valence-electron chi connectivity index (χ3n) is 4.03. The zero-order valence-electron chi connectivity index (χ0n) is 10.2. The van der Waals surface area contributed by atoms with E-state index < -0.39 is 0 Å². The van der Waals surface area contributed by atoms with Crippen molar-refractivity contribution in [1.29, 1.82) is 0 Å². The van der Waals surface area contributed by atoms with Gasteiger partial charge in [0.05, 0.1) is 0 Å². The average molecular weight is 228 g/mol. The van der Waals surface area contributed by atoms with Gasteiger partial charge in [0, 0.05) is 17.9 Å². The molecule has 0 bridgehead atoms. The molecule has 0 aliphatic heterocycles. The highest BCUT2D eigenvalue weighted by Crippen LogP contribution is 2.44. The van der Waals surface area contributed by atoms with Crippen molar-refractivity contribution < 1.29 is 0 Å². The first-order valence-electron chi connectivity index (χ1n) is 6.28. The molecular formula is C15H20N2. The van der Waals surface area contributed by atoms with E-state index in [-0.39, 0.29) is 11.5 Å². The van der Waals surface area contributed by atoms with Crippen molar-refractivity contribution in [1.82, 2.24) is 5.43 Å². The molecule has 1 saturated carbocycles. The van der Waals surface area contributed by atoms with Crippen molar-refractivity contribution in [3.63, 3.8) is 0 Å². The van der Waals surface area contributed by atoms with Gasteiger partial charge >= 0.3 is 0 Å². The largest absolute Gasteiger partial charge is 0.271 e. The number of benzene rings is 1. The summed E-state index contributed by atoms with van der Waals surface area (Å²) in [5, 5.41) is 0. The van der Waals surface area contributed by atoms with Gasteiger partial charge in [0.25, 0.3) is 0 Å². The Morgan fingerprint density at radius 2 is 1.94 bits per heavy atom. The van der Waals surface area contributed by atoms with Crippen LogP contribution in [0.4, 0.5) is 0 Å². The summed E-state index contributed by atoms with van der Waals surface area (Å²) >= 11 is 0. The Hall–Kier alpha value is -1.30. The zero-order chi connectivity index (χ0) is 12.1. The van der Waals surface area contributed by atoms with Gasteiger partial charge < -0.3 is 0 Å². The van der Waals surface area contributed by atoms with Gasteiger partial charge in [-0.2, -0.15) is 0 Å². The molecular weight excluding hydrogens is 208 g/mol. The van der Waals surface area contributed by atoms with Gasteiger partial charge in [0.15, 0.2) is 0 Å². The Kier molecular flexibility index (Phi) is 3.83. The molecule has 0 spiro atoms. The number of hydrazine groups is 1. The maximum absolute atomic E-state index is 5.72. The molecule has 2 nitrogen and oxygen atoms in total. The summed E-state index contributed by atoms with van der Waals surface area (Å²) in [6.45, 7) is 0. The predicted molar refractivity (Wildman–Crippen MR) is 71.1 cm³/mol. The molecule has 1 atom stereocenters. The van der Waals surface area contributed by atoms with Crippen LogP contribution in [0.25, 0.3) is 0 Å². The summed E-state index contributed by atoms with van der Waals surface area (Å²) < 4.78 is 0. The maximum atomic E-state index is 5.72. The Morgan fingerprint density at radius 3 is 2.47 bits per heavy atom. The number of terminal acetylenes is 1. The zero-order valence-corrected chi connectivity index (χ0v) is 10.2. The van der Waals surface area contributed by atoms with Gasteiger partial charge in [-0.15, -0.1) is 12.3 Å². The minimum absolute atomic E-state index is 0.127. The fourth-order valence-electron chi connectivity index (χ4n) is 3.15. The number of nitrogens with one attached hydrogen (secondary N) is 1. The highest BCUT2D eigenvalue weighted by Gasteiger charge is 2.41. The first kappa shape index (κ1) is 12.2. The van der Waals surface area contributed by atoms with E-state index in [2.05, 4.69) is 41.7 Å². The van der Waals surface area contributed by atoms with Crippen molar-refractivity contribution in [3.8, 4) is 12.3 Å². The second-order valence-electron chi connectivity index (χ2n) is 4.86. The average Bonchev–Trinajstić information content (AvgIpc) is 2.87. The van der Waals surface area contributed by atoms with Crippen LogP contribution in [0.3, 0.4) is 0 Å². The summed E-state index contributed by atoms with van der Waals surface area (Å²) in [5.41, 5.74) is 4.44. The predicted octanol–water partition coefficient (Wildman–Crippen LogP) is 2.35. The number of nitrogens with two attached hydrogens (primary N) is 1. The standard InChI is InChI=1S/C15H20N2/c1-2-8-14(17-16)15(11-6-7-12-15)13-9-4-3-5-10-13/h1,3-5,9-10,14,17H,6-8,11-12,16H2. The van der Waals surface area contributed by atoms with Crippen LogP contribution >= 0.6 is 0 Å². The summed E-state index contributed by atoms with van der Waals surface area (Å²) in [7, 11) is 0. The van der Waals surface area contributed by atoms with E-state index in [4.69, 9.17) is 12.3 Å². The van der Waals surface area contributed by atoms with Crippen molar-refractivity contribution >= 4 is 0 Å². The van der Waals surface area contributed by atoms with Crippen molar-refractivity contribution in [2.24, 2.45) is 5.84 Å². The topological polar surface area (TPSA) is 38.0 Å². The molecule has 0 aromatic heterocycles. The lowest BCUT2D eigenvalue weighted by molar-refractivity contribution is 0.302. The maximum Gasteiger partial charge on any atom is 0.0416 e. The van der Waals surface area contributed by atoms with Crippen molar-refractivity contribution in [2.45, 2.75) is 43.6 Å². The van der Waals surface area contributed by atoms with Gasteiger partial charge in [-0.05, 0) is 18.4 Å². The summed E-state index contributed by atoms with van der Waals surface area (Å²) in [4.78, 5) is 0. The molecule has 1 fully saturated rings. The number of hydrogen-bond donors (Lipinski definition) is 2. The summed E-state index contributed by atoms with van der Waals surface area (Å²) in [6.07, 6.45) is 11.0. The van der Waals surface area contributed by atoms with E-state index in [0.29, 0.717) is 6.42 Å². The molecule has 0 heterocycles. The fourth-order valence-corrected chi connectivity index (χ4v) is 3.15. The summed E-state index contributed by atoms with van der Waals surface area (Å²) in [5.74, 6) is 8.46. The third-order valence-corrected chi connectivity index (χ3v) is 4.03. The van der Waals surface area contributed by atoms with Gasteiger partial charge in [-0.25, -0.2) is 0 Å². The minimum Gasteiger partial charge on any atom is -0.271 e. The van der Waals surface area contributed by atoms with E-state index in [1.165, 1.54) is 31.2 Å². The summed E-state index contributed by atoms with van der Waals surface area (Å²) in [6, 6.07) is 10.8. The van der Waals surface area contributed by atoms with Gasteiger partial charge in [0.2, 0.25) is 0 Å². The van der Waals surface area contributed by atoms with E-state index in [9.17, 15) is 0 Å². The van der Waals surface area contributed by atoms with Gasteiger partial charge in [0.1, 0.15) is 0 Å². The molecule has 2 rings (SSSR count). The van der Waals surface area contributed by atoms with Crippen LogP contribution in [0.2, 0.25) is 0 Å².